The van der Waals surface area contributed by atoms with Crippen LogP contribution in [-0.2, 0) is 13.2 Å². The molecule has 4 nitrogen and oxygen atoms in total. The fourth-order valence-electron chi connectivity index (χ4n) is 2.78. The molecule has 2 aromatic rings. The Morgan fingerprint density at radius 2 is 2.00 bits per heavy atom. The summed E-state index contributed by atoms with van der Waals surface area (Å²) in [4.78, 5) is 12.5. The summed E-state index contributed by atoms with van der Waals surface area (Å²) < 4.78 is 7.81. The molecular formula is C20H27NO3. The molecule has 24 heavy (non-hydrogen) atoms. The van der Waals surface area contributed by atoms with Crippen molar-refractivity contribution in [1.82, 2.24) is 4.57 Å². The third-order valence-electron chi connectivity index (χ3n) is 4.26. The maximum Gasteiger partial charge on any atom is 0.202 e. The minimum atomic E-state index is -0.0395. The average Bonchev–Trinajstić information content (AvgIpc) is 2.85. The standard InChI is InChI=1S/C20H27NO3/c1-14(2)8-9-21-15(3)10-19(16(21)4)20(23)13-24-18-7-5-6-17(11-18)12-22/h5-7,10-11,14,22H,8-9,12-13H2,1-4H3. The minimum absolute atomic E-state index is 0.00333. The molecule has 1 aromatic heterocycles. The molecule has 2 rings (SSSR count). The monoisotopic (exact) mass is 329 g/mol. The normalized spacial score (nSPS) is 11.1. The molecule has 0 bridgehead atoms. The fourth-order valence-corrected chi connectivity index (χ4v) is 2.78. The number of aliphatic hydroxyl groups excluding tert-OH is 1. The number of hydrogen-bond donors (Lipinski definition) is 1. The molecule has 1 aromatic carbocycles. The number of carbonyl (C=O) groups excluding carboxylic acids is 1. The highest BCUT2D eigenvalue weighted by Gasteiger charge is 2.16. The van der Waals surface area contributed by atoms with Crippen molar-refractivity contribution in [3.05, 3.63) is 52.8 Å². The number of benzene rings is 1. The van der Waals surface area contributed by atoms with Crippen LogP contribution in [-0.4, -0.2) is 22.1 Å². The van der Waals surface area contributed by atoms with Gasteiger partial charge in [0.15, 0.2) is 6.61 Å². The smallest absolute Gasteiger partial charge is 0.202 e. The Morgan fingerprint density at radius 1 is 1.25 bits per heavy atom. The van der Waals surface area contributed by atoms with Gasteiger partial charge in [-0.1, -0.05) is 26.0 Å². The Labute approximate surface area is 144 Å². The SMILES string of the molecule is Cc1cc(C(=O)COc2cccc(CO)c2)c(C)n1CCC(C)C. The summed E-state index contributed by atoms with van der Waals surface area (Å²) >= 11 is 0. The number of aryl methyl sites for hydroxylation is 1. The predicted octanol–water partition coefficient (Wildman–Crippen LogP) is 3.91. The van der Waals surface area contributed by atoms with Crippen molar-refractivity contribution in [2.24, 2.45) is 5.92 Å². The molecule has 0 unspecified atom stereocenters. The number of Topliss-reactive ketones (excluding diaryl/α,β-unsaturated/α-hetero) is 1. The Kier molecular flexibility index (Phi) is 6.21. The highest BCUT2D eigenvalue weighted by Crippen LogP contribution is 2.19. The van der Waals surface area contributed by atoms with E-state index in [0.717, 1.165) is 35.5 Å². The fraction of sp³-hybridized carbons (Fsp3) is 0.450. The van der Waals surface area contributed by atoms with Gasteiger partial charge in [0.25, 0.3) is 0 Å². The molecular weight excluding hydrogens is 302 g/mol. The van der Waals surface area contributed by atoms with Gasteiger partial charge in [0.05, 0.1) is 6.61 Å². The largest absolute Gasteiger partial charge is 0.485 e. The number of rotatable bonds is 8. The van der Waals surface area contributed by atoms with Gasteiger partial charge >= 0.3 is 0 Å². The second-order valence-electron chi connectivity index (χ2n) is 6.64. The first-order valence-electron chi connectivity index (χ1n) is 8.45. The van der Waals surface area contributed by atoms with E-state index in [1.807, 2.05) is 32.0 Å². The lowest BCUT2D eigenvalue weighted by molar-refractivity contribution is 0.0920. The third-order valence-corrected chi connectivity index (χ3v) is 4.26. The van der Waals surface area contributed by atoms with E-state index in [-0.39, 0.29) is 19.0 Å². The molecule has 0 aliphatic carbocycles. The van der Waals surface area contributed by atoms with Gasteiger partial charge in [-0.15, -0.1) is 0 Å². The molecule has 0 aliphatic heterocycles. The first-order chi connectivity index (χ1) is 11.4. The van der Waals surface area contributed by atoms with Crippen LogP contribution in [0.4, 0.5) is 0 Å². The zero-order valence-corrected chi connectivity index (χ0v) is 15.0. The first kappa shape index (κ1) is 18.3. The number of aliphatic hydroxyl groups is 1. The van der Waals surface area contributed by atoms with E-state index >= 15 is 0 Å². The van der Waals surface area contributed by atoms with E-state index in [0.29, 0.717) is 11.7 Å². The van der Waals surface area contributed by atoms with E-state index in [4.69, 9.17) is 9.84 Å². The van der Waals surface area contributed by atoms with Crippen LogP contribution >= 0.6 is 0 Å². The molecule has 0 spiro atoms. The highest BCUT2D eigenvalue weighted by atomic mass is 16.5. The van der Waals surface area contributed by atoms with Crippen LogP contribution in [0.25, 0.3) is 0 Å². The molecule has 0 saturated heterocycles. The number of ketones is 1. The molecule has 4 heteroatoms. The van der Waals surface area contributed by atoms with E-state index in [9.17, 15) is 4.79 Å². The van der Waals surface area contributed by atoms with Crippen molar-refractivity contribution in [2.75, 3.05) is 6.61 Å². The number of nitrogens with zero attached hydrogens (tertiary/aromatic N) is 1. The molecule has 1 heterocycles. The maximum atomic E-state index is 12.5. The summed E-state index contributed by atoms with van der Waals surface area (Å²) in [6, 6.07) is 9.11. The van der Waals surface area contributed by atoms with Crippen molar-refractivity contribution in [2.45, 2.75) is 47.3 Å². The van der Waals surface area contributed by atoms with E-state index < -0.39 is 0 Å². The number of hydrogen-bond acceptors (Lipinski definition) is 3. The van der Waals surface area contributed by atoms with Crippen LogP contribution in [0.15, 0.2) is 30.3 Å². The molecule has 0 aliphatic rings. The van der Waals surface area contributed by atoms with Crippen molar-refractivity contribution in [1.29, 1.82) is 0 Å². The lowest BCUT2D eigenvalue weighted by Crippen LogP contribution is -2.13. The topological polar surface area (TPSA) is 51.5 Å². The lowest BCUT2D eigenvalue weighted by atomic mass is 10.1. The predicted molar refractivity (Wildman–Crippen MR) is 95.6 cm³/mol. The Hall–Kier alpha value is -2.07. The second-order valence-corrected chi connectivity index (χ2v) is 6.64. The third kappa shape index (κ3) is 4.48. The van der Waals surface area contributed by atoms with E-state index in [1.165, 1.54) is 0 Å². The van der Waals surface area contributed by atoms with Crippen molar-refractivity contribution >= 4 is 5.78 Å². The summed E-state index contributed by atoms with van der Waals surface area (Å²) in [5.74, 6) is 1.21. The van der Waals surface area contributed by atoms with Gasteiger partial charge in [0, 0.05) is 23.5 Å². The summed E-state index contributed by atoms with van der Waals surface area (Å²) in [6.07, 6.45) is 1.09. The summed E-state index contributed by atoms with van der Waals surface area (Å²) in [7, 11) is 0. The number of carbonyl (C=O) groups is 1. The molecule has 1 N–H and O–H groups in total. The number of ether oxygens (including phenoxy) is 1. The molecule has 0 amide bonds. The van der Waals surface area contributed by atoms with Crippen LogP contribution in [0, 0.1) is 19.8 Å². The average molecular weight is 329 g/mol. The van der Waals surface area contributed by atoms with Crippen molar-refractivity contribution < 1.29 is 14.6 Å². The molecule has 0 saturated carbocycles. The molecule has 0 fully saturated rings. The second kappa shape index (κ2) is 8.15. The van der Waals surface area contributed by atoms with Gasteiger partial charge in [-0.25, -0.2) is 0 Å². The first-order valence-corrected chi connectivity index (χ1v) is 8.45. The van der Waals surface area contributed by atoms with E-state index in [2.05, 4.69) is 18.4 Å². The van der Waals surface area contributed by atoms with Gasteiger partial charge in [0.1, 0.15) is 5.75 Å². The van der Waals surface area contributed by atoms with Crippen LogP contribution in [0.5, 0.6) is 5.75 Å². The number of aromatic nitrogens is 1. The van der Waals surface area contributed by atoms with Gasteiger partial charge in [-0.2, -0.15) is 0 Å². The lowest BCUT2D eigenvalue weighted by Gasteiger charge is -2.11. The van der Waals surface area contributed by atoms with Crippen LogP contribution in [0.1, 0.15) is 47.6 Å². The quantitative estimate of drug-likeness (QED) is 0.747. The summed E-state index contributed by atoms with van der Waals surface area (Å²) in [5, 5.41) is 9.15. The van der Waals surface area contributed by atoms with E-state index in [1.54, 1.807) is 12.1 Å². The summed E-state index contributed by atoms with van der Waals surface area (Å²) in [6.45, 7) is 9.33. The highest BCUT2D eigenvalue weighted by molar-refractivity contribution is 5.98. The Balaban J connectivity index is 2.05. The van der Waals surface area contributed by atoms with Gasteiger partial charge < -0.3 is 14.4 Å². The van der Waals surface area contributed by atoms with Gasteiger partial charge in [-0.3, -0.25) is 4.79 Å². The van der Waals surface area contributed by atoms with Crippen molar-refractivity contribution in [3.8, 4) is 5.75 Å². The van der Waals surface area contributed by atoms with Crippen molar-refractivity contribution in [3.63, 3.8) is 0 Å². The van der Waals surface area contributed by atoms with Crippen LogP contribution in [0.3, 0.4) is 0 Å². The zero-order chi connectivity index (χ0) is 17.7. The molecule has 0 atom stereocenters. The summed E-state index contributed by atoms with van der Waals surface area (Å²) in [5.41, 5.74) is 3.62. The van der Waals surface area contributed by atoms with Crippen LogP contribution < -0.4 is 4.74 Å². The van der Waals surface area contributed by atoms with Crippen LogP contribution in [0.2, 0.25) is 0 Å². The zero-order valence-electron chi connectivity index (χ0n) is 15.0. The van der Waals surface area contributed by atoms with Gasteiger partial charge in [0.2, 0.25) is 5.78 Å². The minimum Gasteiger partial charge on any atom is -0.485 e. The molecule has 0 radical (unpaired) electrons. The van der Waals surface area contributed by atoms with Gasteiger partial charge in [-0.05, 0) is 49.9 Å². The molecule has 130 valence electrons. The Morgan fingerprint density at radius 3 is 2.67 bits per heavy atom. The maximum absolute atomic E-state index is 12.5. The Bertz CT molecular complexity index is 701.